The predicted octanol–water partition coefficient (Wildman–Crippen LogP) is 1.24. The maximum absolute atomic E-state index is 4.57. The highest BCUT2D eigenvalue weighted by Gasteiger charge is 2.14. The number of rotatable bonds is 1. The maximum atomic E-state index is 4.57. The Morgan fingerprint density at radius 2 is 2.42 bits per heavy atom. The van der Waals surface area contributed by atoms with Crippen LogP contribution in [-0.2, 0) is 12.8 Å². The van der Waals surface area contributed by atoms with E-state index in [1.807, 2.05) is 0 Å². The van der Waals surface area contributed by atoms with Gasteiger partial charge in [-0.05, 0) is 19.8 Å². The summed E-state index contributed by atoms with van der Waals surface area (Å²) >= 11 is 0. The second-order valence-electron chi connectivity index (χ2n) is 3.26. The van der Waals surface area contributed by atoms with Gasteiger partial charge in [-0.2, -0.15) is 0 Å². The van der Waals surface area contributed by atoms with Gasteiger partial charge in [-0.15, -0.1) is 0 Å². The fraction of sp³-hybridized carbons (Fsp3) is 0.667. The van der Waals surface area contributed by atoms with E-state index in [0.717, 1.165) is 19.4 Å². The quantitative estimate of drug-likeness (QED) is 0.678. The van der Waals surface area contributed by atoms with E-state index in [-0.39, 0.29) is 0 Å². The molecule has 0 aromatic carbocycles. The summed E-state index contributed by atoms with van der Waals surface area (Å²) in [5, 5.41) is 0. The van der Waals surface area contributed by atoms with Crippen molar-refractivity contribution in [2.75, 3.05) is 12.0 Å². The van der Waals surface area contributed by atoms with Crippen LogP contribution < -0.4 is 5.43 Å². The van der Waals surface area contributed by atoms with Crippen molar-refractivity contribution >= 4 is 0 Å². The summed E-state index contributed by atoms with van der Waals surface area (Å²) in [4.78, 5) is 4.57. The van der Waals surface area contributed by atoms with Crippen LogP contribution in [0.4, 0.5) is 0 Å². The molecule has 3 heteroatoms. The minimum atomic E-state index is 1.04. The van der Waals surface area contributed by atoms with Gasteiger partial charge in [-0.3, -0.25) is 0 Å². The lowest BCUT2D eigenvalue weighted by Crippen LogP contribution is -2.25. The highest BCUT2D eigenvalue weighted by molar-refractivity contribution is 5.18. The van der Waals surface area contributed by atoms with Gasteiger partial charge in [-0.1, -0.05) is 6.92 Å². The molecule has 0 fully saturated rings. The normalized spacial score (nSPS) is 15.5. The van der Waals surface area contributed by atoms with Crippen molar-refractivity contribution in [2.24, 2.45) is 0 Å². The molecular formula is C9H15N3. The van der Waals surface area contributed by atoms with Gasteiger partial charge < -0.3 is 5.43 Å². The van der Waals surface area contributed by atoms with E-state index in [2.05, 4.69) is 28.9 Å². The summed E-state index contributed by atoms with van der Waals surface area (Å²) in [6, 6.07) is 0. The van der Waals surface area contributed by atoms with E-state index in [9.17, 15) is 0 Å². The lowest BCUT2D eigenvalue weighted by Gasteiger charge is -2.17. The maximum Gasteiger partial charge on any atom is 0.127 e. The van der Waals surface area contributed by atoms with Crippen molar-refractivity contribution in [2.45, 2.75) is 33.1 Å². The zero-order valence-electron chi connectivity index (χ0n) is 7.72. The third-order valence-electron chi connectivity index (χ3n) is 2.46. The first-order valence-corrected chi connectivity index (χ1v) is 4.64. The first kappa shape index (κ1) is 7.65. The Balaban J connectivity index is 2.44. The molecule has 0 atom stereocenters. The van der Waals surface area contributed by atoms with Crippen LogP contribution in [-0.4, -0.2) is 16.2 Å². The van der Waals surface area contributed by atoms with Crippen molar-refractivity contribution in [1.29, 1.82) is 0 Å². The molecule has 0 saturated carbocycles. The molecule has 2 rings (SSSR count). The largest absolute Gasteiger partial charge is 0.324 e. The molecule has 1 aliphatic rings. The van der Waals surface area contributed by atoms with E-state index in [1.54, 1.807) is 0 Å². The monoisotopic (exact) mass is 165 g/mol. The molecule has 3 nitrogen and oxygen atoms in total. The van der Waals surface area contributed by atoms with Crippen molar-refractivity contribution < 1.29 is 0 Å². The minimum Gasteiger partial charge on any atom is -0.324 e. The minimum absolute atomic E-state index is 1.04. The van der Waals surface area contributed by atoms with Crippen LogP contribution in [0.2, 0.25) is 0 Å². The summed E-state index contributed by atoms with van der Waals surface area (Å²) in [6.07, 6.45) is 3.36. The van der Waals surface area contributed by atoms with E-state index in [1.165, 1.54) is 23.6 Å². The van der Waals surface area contributed by atoms with Crippen LogP contribution in [0.5, 0.6) is 0 Å². The van der Waals surface area contributed by atoms with Gasteiger partial charge in [-0.25, -0.2) is 9.66 Å². The molecule has 0 spiro atoms. The summed E-state index contributed by atoms with van der Waals surface area (Å²) in [6.45, 7) is 5.36. The number of nitrogens with zero attached hydrogens (tertiary/aromatic N) is 2. The lowest BCUT2D eigenvalue weighted by atomic mass is 10.3. The van der Waals surface area contributed by atoms with Gasteiger partial charge in [0.2, 0.25) is 0 Å². The summed E-state index contributed by atoms with van der Waals surface area (Å²) in [7, 11) is 0. The van der Waals surface area contributed by atoms with Crippen LogP contribution in [0, 0.1) is 6.92 Å². The Morgan fingerprint density at radius 1 is 1.58 bits per heavy atom. The molecule has 0 bridgehead atoms. The molecule has 0 saturated heterocycles. The van der Waals surface area contributed by atoms with E-state index in [4.69, 9.17) is 0 Å². The average Bonchev–Trinajstić information content (AvgIpc) is 2.44. The van der Waals surface area contributed by atoms with Gasteiger partial charge in [0.1, 0.15) is 5.82 Å². The Labute approximate surface area is 72.8 Å². The van der Waals surface area contributed by atoms with Crippen LogP contribution in [0.3, 0.4) is 0 Å². The van der Waals surface area contributed by atoms with Crippen molar-refractivity contribution in [3.63, 3.8) is 0 Å². The van der Waals surface area contributed by atoms with Crippen molar-refractivity contribution in [3.8, 4) is 0 Å². The molecule has 12 heavy (non-hydrogen) atoms. The SMILES string of the molecule is CCc1nc2n(c1C)NCCC2. The number of imidazole rings is 1. The molecule has 1 aromatic heterocycles. The highest BCUT2D eigenvalue weighted by Crippen LogP contribution is 2.14. The van der Waals surface area contributed by atoms with E-state index < -0.39 is 0 Å². The van der Waals surface area contributed by atoms with E-state index >= 15 is 0 Å². The Morgan fingerprint density at radius 3 is 3.08 bits per heavy atom. The molecule has 0 amide bonds. The van der Waals surface area contributed by atoms with Gasteiger partial charge in [0.25, 0.3) is 0 Å². The molecule has 0 unspecified atom stereocenters. The predicted molar refractivity (Wildman–Crippen MR) is 48.9 cm³/mol. The fourth-order valence-corrected chi connectivity index (χ4v) is 1.76. The summed E-state index contributed by atoms with van der Waals surface area (Å²) in [5.74, 6) is 1.20. The Hall–Kier alpha value is -0.990. The second kappa shape index (κ2) is 2.81. The molecular weight excluding hydrogens is 150 g/mol. The first-order valence-electron chi connectivity index (χ1n) is 4.64. The third-order valence-corrected chi connectivity index (χ3v) is 2.46. The number of hydrogen-bond donors (Lipinski definition) is 1. The standard InChI is InChI=1S/C9H15N3/c1-3-8-7(2)12-9(11-8)5-4-6-10-12/h10H,3-6H2,1-2H3. The molecule has 1 N–H and O–H groups in total. The Kier molecular flexibility index (Phi) is 1.79. The molecule has 1 aromatic rings. The average molecular weight is 165 g/mol. The van der Waals surface area contributed by atoms with Gasteiger partial charge >= 0.3 is 0 Å². The number of aryl methyl sites for hydroxylation is 2. The summed E-state index contributed by atoms with van der Waals surface area (Å²) < 4.78 is 2.14. The second-order valence-corrected chi connectivity index (χ2v) is 3.26. The van der Waals surface area contributed by atoms with Crippen LogP contribution in [0.15, 0.2) is 0 Å². The zero-order valence-corrected chi connectivity index (χ0v) is 7.72. The fourth-order valence-electron chi connectivity index (χ4n) is 1.76. The number of nitrogens with one attached hydrogen (secondary N) is 1. The van der Waals surface area contributed by atoms with Gasteiger partial charge in [0, 0.05) is 13.0 Å². The molecule has 0 aliphatic carbocycles. The van der Waals surface area contributed by atoms with E-state index in [0.29, 0.717) is 0 Å². The molecule has 0 radical (unpaired) electrons. The topological polar surface area (TPSA) is 29.9 Å². The molecule has 1 aliphatic heterocycles. The van der Waals surface area contributed by atoms with Crippen LogP contribution in [0.25, 0.3) is 0 Å². The highest BCUT2D eigenvalue weighted by atomic mass is 15.4. The number of fused-ring (bicyclic) bond motifs is 1. The number of aromatic nitrogens is 2. The van der Waals surface area contributed by atoms with Crippen molar-refractivity contribution in [3.05, 3.63) is 17.2 Å². The zero-order chi connectivity index (χ0) is 8.55. The lowest BCUT2D eigenvalue weighted by molar-refractivity contribution is 0.638. The Bertz CT molecular complexity index is 288. The third kappa shape index (κ3) is 1.00. The van der Waals surface area contributed by atoms with Crippen molar-refractivity contribution in [1.82, 2.24) is 9.66 Å². The molecule has 66 valence electrons. The van der Waals surface area contributed by atoms with Gasteiger partial charge in [0.05, 0.1) is 11.4 Å². The smallest absolute Gasteiger partial charge is 0.127 e. The first-order chi connectivity index (χ1) is 5.83. The molecule has 2 heterocycles. The van der Waals surface area contributed by atoms with Crippen LogP contribution >= 0.6 is 0 Å². The summed E-state index contributed by atoms with van der Waals surface area (Å²) in [5.41, 5.74) is 5.86. The van der Waals surface area contributed by atoms with Gasteiger partial charge in [0.15, 0.2) is 0 Å². The van der Waals surface area contributed by atoms with Crippen LogP contribution in [0.1, 0.15) is 30.6 Å². The number of hydrogen-bond acceptors (Lipinski definition) is 2.